The zero-order valence-electron chi connectivity index (χ0n) is 7.07. The standard InChI is InChI=1S/C7H11N3O2/c1-10(2)4-5-3-6(7(8)11)9-12-5/h3H,4H2,1-2H3,(H2,8,11). The molecule has 1 heterocycles. The van der Waals surface area contributed by atoms with Crippen molar-refractivity contribution in [1.29, 1.82) is 0 Å². The molecule has 66 valence electrons. The van der Waals surface area contributed by atoms with Gasteiger partial charge >= 0.3 is 0 Å². The molecule has 0 unspecified atom stereocenters. The van der Waals surface area contributed by atoms with Crippen LogP contribution < -0.4 is 5.73 Å². The molecule has 0 aliphatic carbocycles. The summed E-state index contributed by atoms with van der Waals surface area (Å²) in [5.41, 5.74) is 5.16. The van der Waals surface area contributed by atoms with Gasteiger partial charge in [-0.1, -0.05) is 5.16 Å². The molecule has 1 aromatic heterocycles. The summed E-state index contributed by atoms with van der Waals surface area (Å²) >= 11 is 0. The summed E-state index contributed by atoms with van der Waals surface area (Å²) in [7, 11) is 3.79. The molecule has 0 aliphatic heterocycles. The zero-order chi connectivity index (χ0) is 9.14. The van der Waals surface area contributed by atoms with E-state index in [9.17, 15) is 4.79 Å². The molecule has 0 fully saturated rings. The Bertz CT molecular complexity index is 280. The van der Waals surface area contributed by atoms with Crippen LogP contribution in [0.2, 0.25) is 0 Å². The molecular formula is C7H11N3O2. The van der Waals surface area contributed by atoms with Gasteiger partial charge in [-0.25, -0.2) is 0 Å². The maximum absolute atomic E-state index is 10.6. The highest BCUT2D eigenvalue weighted by molar-refractivity contribution is 5.90. The van der Waals surface area contributed by atoms with E-state index in [4.69, 9.17) is 10.3 Å². The first kappa shape index (κ1) is 8.73. The van der Waals surface area contributed by atoms with Gasteiger partial charge in [-0.05, 0) is 14.1 Å². The van der Waals surface area contributed by atoms with Crippen LogP contribution >= 0.6 is 0 Å². The minimum absolute atomic E-state index is 0.173. The van der Waals surface area contributed by atoms with E-state index in [1.54, 1.807) is 6.07 Å². The molecule has 1 aromatic rings. The lowest BCUT2D eigenvalue weighted by molar-refractivity contribution is 0.0991. The van der Waals surface area contributed by atoms with Crippen molar-refractivity contribution >= 4 is 5.91 Å². The average molecular weight is 169 g/mol. The molecule has 1 amide bonds. The van der Waals surface area contributed by atoms with Crippen molar-refractivity contribution in [2.75, 3.05) is 14.1 Å². The number of amides is 1. The Kier molecular flexibility index (Phi) is 2.44. The van der Waals surface area contributed by atoms with Gasteiger partial charge in [0.2, 0.25) is 0 Å². The molecule has 0 bridgehead atoms. The number of rotatable bonds is 3. The van der Waals surface area contributed by atoms with Crippen LogP contribution in [0.4, 0.5) is 0 Å². The second-order valence-electron chi connectivity index (χ2n) is 2.78. The summed E-state index contributed by atoms with van der Waals surface area (Å²) in [5, 5.41) is 3.49. The number of hydrogen-bond acceptors (Lipinski definition) is 4. The molecule has 1 rings (SSSR count). The van der Waals surface area contributed by atoms with Crippen molar-refractivity contribution in [3.63, 3.8) is 0 Å². The molecule has 2 N–H and O–H groups in total. The molecule has 0 atom stereocenters. The van der Waals surface area contributed by atoms with Crippen molar-refractivity contribution < 1.29 is 9.32 Å². The van der Waals surface area contributed by atoms with Crippen LogP contribution in [-0.4, -0.2) is 30.1 Å². The first-order valence-electron chi connectivity index (χ1n) is 3.49. The van der Waals surface area contributed by atoms with E-state index >= 15 is 0 Å². The fraction of sp³-hybridized carbons (Fsp3) is 0.429. The molecule has 0 saturated heterocycles. The number of aromatic nitrogens is 1. The fourth-order valence-corrected chi connectivity index (χ4v) is 0.815. The predicted octanol–water partition coefficient (Wildman–Crippen LogP) is -0.165. The summed E-state index contributed by atoms with van der Waals surface area (Å²) in [5.74, 6) is 0.0672. The van der Waals surface area contributed by atoms with Gasteiger partial charge in [0.15, 0.2) is 11.5 Å². The Morgan fingerprint density at radius 3 is 2.83 bits per heavy atom. The van der Waals surface area contributed by atoms with Crippen molar-refractivity contribution in [3.8, 4) is 0 Å². The smallest absolute Gasteiger partial charge is 0.270 e. The lowest BCUT2D eigenvalue weighted by Gasteiger charge is -2.03. The van der Waals surface area contributed by atoms with Gasteiger partial charge in [-0.15, -0.1) is 0 Å². The van der Waals surface area contributed by atoms with Gasteiger partial charge in [-0.3, -0.25) is 4.79 Å². The number of hydrogen-bond donors (Lipinski definition) is 1. The number of nitrogens with two attached hydrogens (primary N) is 1. The van der Waals surface area contributed by atoms with E-state index in [0.717, 1.165) is 0 Å². The Morgan fingerprint density at radius 2 is 2.42 bits per heavy atom. The Balaban J connectivity index is 2.71. The Hall–Kier alpha value is -1.36. The topological polar surface area (TPSA) is 72.4 Å². The van der Waals surface area contributed by atoms with Crippen LogP contribution in [0.5, 0.6) is 0 Å². The molecule has 0 radical (unpaired) electrons. The van der Waals surface area contributed by atoms with E-state index in [1.807, 2.05) is 19.0 Å². The van der Waals surface area contributed by atoms with Crippen molar-refractivity contribution in [1.82, 2.24) is 10.1 Å². The Labute approximate surface area is 70.1 Å². The predicted molar refractivity (Wildman–Crippen MR) is 42.4 cm³/mol. The first-order chi connectivity index (χ1) is 5.59. The highest BCUT2D eigenvalue weighted by Gasteiger charge is 2.08. The van der Waals surface area contributed by atoms with Gasteiger partial charge in [0, 0.05) is 6.07 Å². The van der Waals surface area contributed by atoms with Crippen molar-refractivity contribution in [2.45, 2.75) is 6.54 Å². The highest BCUT2D eigenvalue weighted by Crippen LogP contribution is 2.04. The lowest BCUT2D eigenvalue weighted by atomic mass is 10.3. The third kappa shape index (κ3) is 2.06. The molecule has 5 heteroatoms. The molecule has 0 saturated carbocycles. The van der Waals surface area contributed by atoms with Crippen LogP contribution in [0.15, 0.2) is 10.6 Å². The maximum atomic E-state index is 10.6. The highest BCUT2D eigenvalue weighted by atomic mass is 16.5. The third-order valence-corrected chi connectivity index (χ3v) is 1.28. The van der Waals surface area contributed by atoms with Crippen molar-refractivity contribution in [2.24, 2.45) is 5.73 Å². The Morgan fingerprint density at radius 1 is 1.75 bits per heavy atom. The van der Waals surface area contributed by atoms with E-state index in [0.29, 0.717) is 12.3 Å². The summed E-state index contributed by atoms with van der Waals surface area (Å²) < 4.78 is 4.84. The molecule has 12 heavy (non-hydrogen) atoms. The van der Waals surface area contributed by atoms with Crippen LogP contribution in [0.25, 0.3) is 0 Å². The van der Waals surface area contributed by atoms with Gasteiger partial charge in [0.25, 0.3) is 5.91 Å². The van der Waals surface area contributed by atoms with Gasteiger partial charge in [0.1, 0.15) is 0 Å². The lowest BCUT2D eigenvalue weighted by Crippen LogP contribution is -2.11. The van der Waals surface area contributed by atoms with E-state index in [1.165, 1.54) is 0 Å². The van der Waals surface area contributed by atoms with Crippen molar-refractivity contribution in [3.05, 3.63) is 17.5 Å². The first-order valence-corrected chi connectivity index (χ1v) is 3.49. The van der Waals surface area contributed by atoms with E-state index in [2.05, 4.69) is 5.16 Å². The van der Waals surface area contributed by atoms with Crippen LogP contribution in [0.3, 0.4) is 0 Å². The van der Waals surface area contributed by atoms with Gasteiger partial charge in [0.05, 0.1) is 6.54 Å². The summed E-state index contributed by atoms with van der Waals surface area (Å²) in [6.45, 7) is 0.611. The maximum Gasteiger partial charge on any atom is 0.270 e. The minimum atomic E-state index is -0.566. The molecule has 0 aromatic carbocycles. The molecular weight excluding hydrogens is 158 g/mol. The number of nitrogens with zero attached hydrogens (tertiary/aromatic N) is 2. The number of carbonyl (C=O) groups excluding carboxylic acids is 1. The monoisotopic (exact) mass is 169 g/mol. The zero-order valence-corrected chi connectivity index (χ0v) is 7.07. The largest absolute Gasteiger partial charge is 0.364 e. The van der Waals surface area contributed by atoms with Crippen LogP contribution in [-0.2, 0) is 6.54 Å². The summed E-state index contributed by atoms with van der Waals surface area (Å²) in [6, 6.07) is 1.54. The number of carbonyl (C=O) groups is 1. The van der Waals surface area contributed by atoms with Gasteiger partial charge < -0.3 is 15.2 Å². The minimum Gasteiger partial charge on any atom is -0.364 e. The summed E-state index contributed by atoms with van der Waals surface area (Å²) in [4.78, 5) is 12.5. The normalized spacial score (nSPS) is 10.6. The van der Waals surface area contributed by atoms with Crippen LogP contribution in [0.1, 0.15) is 16.2 Å². The second kappa shape index (κ2) is 3.36. The molecule has 0 spiro atoms. The second-order valence-corrected chi connectivity index (χ2v) is 2.78. The SMILES string of the molecule is CN(C)Cc1cc(C(N)=O)no1. The average Bonchev–Trinajstić information content (AvgIpc) is 2.34. The quantitative estimate of drug-likeness (QED) is 0.682. The van der Waals surface area contributed by atoms with Gasteiger partial charge in [-0.2, -0.15) is 0 Å². The molecule has 0 aliphatic rings. The molecule has 5 nitrogen and oxygen atoms in total. The van der Waals surface area contributed by atoms with Crippen LogP contribution in [0, 0.1) is 0 Å². The fourth-order valence-electron chi connectivity index (χ4n) is 0.815. The number of primary amides is 1. The summed E-state index contributed by atoms with van der Waals surface area (Å²) in [6.07, 6.45) is 0. The third-order valence-electron chi connectivity index (χ3n) is 1.28. The van der Waals surface area contributed by atoms with E-state index in [-0.39, 0.29) is 5.69 Å². The van der Waals surface area contributed by atoms with E-state index < -0.39 is 5.91 Å².